The van der Waals surface area contributed by atoms with Crippen LogP contribution in [0.5, 0.6) is 0 Å². The Morgan fingerprint density at radius 3 is 2.89 bits per heavy atom. The molecular formula is C14H20N2OS. The molecule has 0 spiro atoms. The highest BCUT2D eigenvalue weighted by molar-refractivity contribution is 7.80. The van der Waals surface area contributed by atoms with Crippen LogP contribution in [-0.2, 0) is 4.74 Å². The topological polar surface area (TPSA) is 33.3 Å². The number of anilines is 1. The molecule has 0 aromatic heterocycles. The largest absolute Gasteiger partial charge is 0.376 e. The van der Waals surface area contributed by atoms with Crippen molar-refractivity contribution in [3.63, 3.8) is 0 Å². The lowest BCUT2D eigenvalue weighted by atomic mass is 10.1. The van der Waals surface area contributed by atoms with Crippen molar-refractivity contribution in [3.8, 4) is 0 Å². The smallest absolute Gasteiger partial charge is 0.170 e. The van der Waals surface area contributed by atoms with Crippen LogP contribution in [0.2, 0.25) is 0 Å². The standard InChI is InChI=1S/C14H20N2OS/c1-10-5-6-12(8-11(10)2)16-14(18)15-9-13-4-3-7-17-13/h5-6,8,13H,3-4,7,9H2,1-2H3,(H2,15,16,18)/t13-/m0/s1. The van der Waals surface area contributed by atoms with E-state index in [1.807, 2.05) is 6.07 Å². The number of hydrogen-bond acceptors (Lipinski definition) is 2. The molecule has 1 saturated heterocycles. The summed E-state index contributed by atoms with van der Waals surface area (Å²) in [6.07, 6.45) is 2.59. The second-order valence-corrected chi connectivity index (χ2v) is 5.18. The molecule has 18 heavy (non-hydrogen) atoms. The summed E-state index contributed by atoms with van der Waals surface area (Å²) in [5, 5.41) is 7.06. The highest BCUT2D eigenvalue weighted by atomic mass is 32.1. The molecule has 1 atom stereocenters. The van der Waals surface area contributed by atoms with Gasteiger partial charge in [0.25, 0.3) is 0 Å². The van der Waals surface area contributed by atoms with Gasteiger partial charge in [-0.15, -0.1) is 0 Å². The van der Waals surface area contributed by atoms with Crippen LogP contribution < -0.4 is 10.6 Å². The fraction of sp³-hybridized carbons (Fsp3) is 0.500. The fourth-order valence-electron chi connectivity index (χ4n) is 2.01. The molecule has 1 heterocycles. The molecule has 3 nitrogen and oxygen atoms in total. The van der Waals surface area contributed by atoms with E-state index in [1.165, 1.54) is 11.1 Å². The van der Waals surface area contributed by atoms with Crippen LogP contribution >= 0.6 is 12.2 Å². The van der Waals surface area contributed by atoms with Crippen LogP contribution in [0, 0.1) is 13.8 Å². The fourth-order valence-corrected chi connectivity index (χ4v) is 2.21. The van der Waals surface area contributed by atoms with Crippen LogP contribution in [-0.4, -0.2) is 24.4 Å². The Hall–Kier alpha value is -1.13. The van der Waals surface area contributed by atoms with E-state index < -0.39 is 0 Å². The minimum absolute atomic E-state index is 0.310. The lowest BCUT2D eigenvalue weighted by Gasteiger charge is -2.14. The summed E-state index contributed by atoms with van der Waals surface area (Å²) in [6, 6.07) is 6.25. The minimum atomic E-state index is 0.310. The van der Waals surface area contributed by atoms with Gasteiger partial charge in [0.05, 0.1) is 6.10 Å². The van der Waals surface area contributed by atoms with Crippen LogP contribution in [0.3, 0.4) is 0 Å². The molecule has 4 heteroatoms. The monoisotopic (exact) mass is 264 g/mol. The van der Waals surface area contributed by atoms with Gasteiger partial charge in [-0.3, -0.25) is 0 Å². The summed E-state index contributed by atoms with van der Waals surface area (Å²) < 4.78 is 5.54. The molecule has 0 saturated carbocycles. The SMILES string of the molecule is Cc1ccc(NC(=S)NC[C@@H]2CCCO2)cc1C. The van der Waals surface area contributed by atoms with Crippen LogP contribution in [0.25, 0.3) is 0 Å². The maximum absolute atomic E-state index is 5.54. The van der Waals surface area contributed by atoms with Crippen LogP contribution in [0.1, 0.15) is 24.0 Å². The van der Waals surface area contributed by atoms with E-state index in [0.717, 1.165) is 31.7 Å². The number of aryl methyl sites for hydroxylation is 2. The van der Waals surface area contributed by atoms with Gasteiger partial charge in [-0.05, 0) is 62.2 Å². The van der Waals surface area contributed by atoms with Gasteiger partial charge in [-0.2, -0.15) is 0 Å². The highest BCUT2D eigenvalue weighted by Crippen LogP contribution is 2.14. The van der Waals surface area contributed by atoms with Crippen molar-refractivity contribution < 1.29 is 4.74 Å². The van der Waals surface area contributed by atoms with Crippen molar-refractivity contribution in [1.29, 1.82) is 0 Å². The number of benzene rings is 1. The van der Waals surface area contributed by atoms with Gasteiger partial charge in [0.1, 0.15) is 0 Å². The van der Waals surface area contributed by atoms with Gasteiger partial charge in [0.15, 0.2) is 5.11 Å². The Kier molecular flexibility index (Phi) is 4.55. The van der Waals surface area contributed by atoms with E-state index in [1.54, 1.807) is 0 Å². The Morgan fingerprint density at radius 2 is 2.22 bits per heavy atom. The van der Waals surface area contributed by atoms with Crippen molar-refractivity contribution in [2.24, 2.45) is 0 Å². The van der Waals surface area contributed by atoms with E-state index in [0.29, 0.717) is 11.2 Å². The molecule has 1 aromatic carbocycles. The quantitative estimate of drug-likeness (QED) is 0.823. The zero-order chi connectivity index (χ0) is 13.0. The van der Waals surface area contributed by atoms with E-state index in [4.69, 9.17) is 17.0 Å². The number of rotatable bonds is 3. The number of thiocarbonyl (C=S) groups is 1. The lowest BCUT2D eigenvalue weighted by molar-refractivity contribution is 0.114. The number of hydrogen-bond donors (Lipinski definition) is 2. The molecule has 1 fully saturated rings. The van der Waals surface area contributed by atoms with Gasteiger partial charge in [0, 0.05) is 18.8 Å². The maximum atomic E-state index is 5.54. The average molecular weight is 264 g/mol. The zero-order valence-corrected chi connectivity index (χ0v) is 11.8. The lowest BCUT2D eigenvalue weighted by Crippen LogP contribution is -2.34. The average Bonchev–Trinajstić information content (AvgIpc) is 2.84. The minimum Gasteiger partial charge on any atom is -0.376 e. The van der Waals surface area contributed by atoms with Crippen LogP contribution in [0.4, 0.5) is 5.69 Å². The summed E-state index contributed by atoms with van der Waals surface area (Å²) in [4.78, 5) is 0. The van der Waals surface area contributed by atoms with Gasteiger partial charge in [-0.1, -0.05) is 6.07 Å². The molecule has 1 aliphatic heterocycles. The first kappa shape index (κ1) is 13.3. The third-order valence-electron chi connectivity index (χ3n) is 3.28. The van der Waals surface area contributed by atoms with E-state index in [9.17, 15) is 0 Å². The molecule has 0 aliphatic carbocycles. The summed E-state index contributed by atoms with van der Waals surface area (Å²) >= 11 is 5.27. The normalized spacial score (nSPS) is 18.7. The molecule has 0 amide bonds. The third-order valence-corrected chi connectivity index (χ3v) is 3.53. The van der Waals surface area contributed by atoms with E-state index in [2.05, 4.69) is 36.6 Å². The van der Waals surface area contributed by atoms with Gasteiger partial charge in [0.2, 0.25) is 0 Å². The molecule has 98 valence electrons. The van der Waals surface area contributed by atoms with Crippen molar-refractivity contribution in [2.45, 2.75) is 32.8 Å². The number of ether oxygens (including phenoxy) is 1. The Bertz CT molecular complexity index is 428. The summed E-state index contributed by atoms with van der Waals surface area (Å²) in [7, 11) is 0. The Balaban J connectivity index is 1.80. The molecule has 0 radical (unpaired) electrons. The predicted molar refractivity (Wildman–Crippen MR) is 79.1 cm³/mol. The first-order chi connectivity index (χ1) is 8.65. The zero-order valence-electron chi connectivity index (χ0n) is 11.0. The molecular weight excluding hydrogens is 244 g/mol. The second-order valence-electron chi connectivity index (χ2n) is 4.77. The molecule has 0 unspecified atom stereocenters. The molecule has 1 aromatic rings. The summed E-state index contributed by atoms with van der Waals surface area (Å²) in [5.41, 5.74) is 3.59. The second kappa shape index (κ2) is 6.16. The highest BCUT2D eigenvalue weighted by Gasteiger charge is 2.15. The molecule has 2 rings (SSSR count). The van der Waals surface area contributed by atoms with Crippen LogP contribution in [0.15, 0.2) is 18.2 Å². The summed E-state index contributed by atoms with van der Waals surface area (Å²) in [6.45, 7) is 5.87. The van der Waals surface area contributed by atoms with E-state index >= 15 is 0 Å². The first-order valence-electron chi connectivity index (χ1n) is 6.39. The van der Waals surface area contributed by atoms with Gasteiger partial charge in [-0.25, -0.2) is 0 Å². The van der Waals surface area contributed by atoms with E-state index in [-0.39, 0.29) is 0 Å². The Labute approximate surface area is 114 Å². The number of nitrogens with one attached hydrogen (secondary N) is 2. The first-order valence-corrected chi connectivity index (χ1v) is 6.79. The van der Waals surface area contributed by atoms with Crippen molar-refractivity contribution >= 4 is 23.0 Å². The van der Waals surface area contributed by atoms with Crippen molar-refractivity contribution in [1.82, 2.24) is 5.32 Å². The van der Waals surface area contributed by atoms with Crippen molar-refractivity contribution in [3.05, 3.63) is 29.3 Å². The summed E-state index contributed by atoms with van der Waals surface area (Å²) in [5.74, 6) is 0. The molecule has 2 N–H and O–H groups in total. The molecule has 1 aliphatic rings. The molecule has 0 bridgehead atoms. The maximum Gasteiger partial charge on any atom is 0.170 e. The predicted octanol–water partition coefficient (Wildman–Crippen LogP) is 2.77. The third kappa shape index (κ3) is 3.68. The van der Waals surface area contributed by atoms with Crippen molar-refractivity contribution in [2.75, 3.05) is 18.5 Å². The Morgan fingerprint density at radius 1 is 1.39 bits per heavy atom. The van der Waals surface area contributed by atoms with Gasteiger partial charge < -0.3 is 15.4 Å². The van der Waals surface area contributed by atoms with Gasteiger partial charge >= 0.3 is 0 Å².